The molecule has 1 aromatic rings. The van der Waals surface area contributed by atoms with Crippen LogP contribution in [-0.4, -0.2) is 29.4 Å². The highest BCUT2D eigenvalue weighted by Gasteiger charge is 2.17. The number of amides is 2. The predicted octanol–water partition coefficient (Wildman–Crippen LogP) is 0.554. The van der Waals surface area contributed by atoms with Crippen LogP contribution in [0.5, 0.6) is 0 Å². The third-order valence-corrected chi connectivity index (χ3v) is 2.43. The lowest BCUT2D eigenvalue weighted by Gasteiger charge is -2.15. The number of carbonyl (C=O) groups is 2. The highest BCUT2D eigenvalue weighted by atomic mass is 16.2. The Labute approximate surface area is 112 Å². The summed E-state index contributed by atoms with van der Waals surface area (Å²) in [6.45, 7) is 6.20. The van der Waals surface area contributed by atoms with Gasteiger partial charge in [0, 0.05) is 6.54 Å². The van der Waals surface area contributed by atoms with Crippen molar-refractivity contribution in [3.05, 3.63) is 23.9 Å². The normalized spacial score (nSPS) is 12.0. The van der Waals surface area contributed by atoms with Crippen LogP contribution in [0.2, 0.25) is 0 Å². The number of rotatable bonds is 5. The van der Waals surface area contributed by atoms with E-state index >= 15 is 0 Å². The molecule has 6 nitrogen and oxygen atoms in total. The average Bonchev–Trinajstić information content (AvgIpc) is 2.35. The van der Waals surface area contributed by atoms with E-state index in [1.54, 1.807) is 25.1 Å². The van der Waals surface area contributed by atoms with Gasteiger partial charge in [0.1, 0.15) is 17.6 Å². The van der Waals surface area contributed by atoms with E-state index in [0.717, 1.165) is 0 Å². The van der Waals surface area contributed by atoms with Gasteiger partial charge in [0.25, 0.3) is 5.91 Å². The summed E-state index contributed by atoms with van der Waals surface area (Å²) in [6.07, 6.45) is 0. The van der Waals surface area contributed by atoms with Crippen molar-refractivity contribution in [2.45, 2.75) is 26.8 Å². The molecule has 0 aliphatic rings. The minimum atomic E-state index is -0.616. The van der Waals surface area contributed by atoms with Crippen molar-refractivity contribution in [1.82, 2.24) is 15.6 Å². The molecule has 0 aliphatic heterocycles. The third-order valence-electron chi connectivity index (χ3n) is 2.43. The molecule has 6 heteroatoms. The smallest absolute Gasteiger partial charge is 0.270 e. The summed E-state index contributed by atoms with van der Waals surface area (Å²) in [4.78, 5) is 27.4. The Hall–Kier alpha value is -2.11. The van der Waals surface area contributed by atoms with Crippen LogP contribution in [0.1, 0.15) is 31.3 Å². The van der Waals surface area contributed by atoms with Gasteiger partial charge in [0.15, 0.2) is 0 Å². The quantitative estimate of drug-likeness (QED) is 0.723. The minimum absolute atomic E-state index is 0.198. The fraction of sp³-hybridized carbons (Fsp3) is 0.462. The highest BCUT2D eigenvalue weighted by molar-refractivity contribution is 5.96. The zero-order chi connectivity index (χ0) is 14.4. The molecule has 104 valence electrons. The number of carbonyl (C=O) groups excluding carboxylic acids is 2. The predicted molar refractivity (Wildman–Crippen MR) is 73.4 cm³/mol. The number of nitrogens with one attached hydrogen (secondary N) is 2. The Morgan fingerprint density at radius 1 is 1.32 bits per heavy atom. The van der Waals surface area contributed by atoms with Crippen LogP contribution in [0.15, 0.2) is 18.2 Å². The molecule has 2 amide bonds. The van der Waals surface area contributed by atoms with Gasteiger partial charge in [-0.05, 0) is 25.0 Å². The first-order chi connectivity index (χ1) is 8.90. The van der Waals surface area contributed by atoms with E-state index in [9.17, 15) is 9.59 Å². The minimum Gasteiger partial charge on any atom is -0.384 e. The van der Waals surface area contributed by atoms with Crippen molar-refractivity contribution in [3.63, 3.8) is 0 Å². The SMILES string of the molecule is CC(C)CNC(=O)C(C)NC(=O)c1cccc(N)n1. The van der Waals surface area contributed by atoms with Crippen molar-refractivity contribution >= 4 is 17.6 Å². The van der Waals surface area contributed by atoms with Gasteiger partial charge in [0.05, 0.1) is 0 Å². The van der Waals surface area contributed by atoms with Crippen LogP contribution in [0.4, 0.5) is 5.82 Å². The van der Waals surface area contributed by atoms with Gasteiger partial charge in [-0.15, -0.1) is 0 Å². The van der Waals surface area contributed by atoms with E-state index in [2.05, 4.69) is 15.6 Å². The zero-order valence-corrected chi connectivity index (χ0v) is 11.4. The van der Waals surface area contributed by atoms with Crippen LogP contribution >= 0.6 is 0 Å². The molecule has 1 atom stereocenters. The first kappa shape index (κ1) is 14.9. The second-order valence-corrected chi connectivity index (χ2v) is 4.78. The topological polar surface area (TPSA) is 97.1 Å². The maximum absolute atomic E-state index is 11.8. The van der Waals surface area contributed by atoms with Gasteiger partial charge in [-0.1, -0.05) is 19.9 Å². The molecule has 0 spiro atoms. The largest absolute Gasteiger partial charge is 0.384 e. The molecule has 1 rings (SSSR count). The summed E-state index contributed by atoms with van der Waals surface area (Å²) < 4.78 is 0. The molecule has 0 saturated heterocycles. The van der Waals surface area contributed by atoms with E-state index in [1.807, 2.05) is 13.8 Å². The van der Waals surface area contributed by atoms with Crippen molar-refractivity contribution in [3.8, 4) is 0 Å². The second kappa shape index (κ2) is 6.72. The number of anilines is 1. The summed E-state index contributed by atoms with van der Waals surface area (Å²) in [5.74, 6) is -0.00236. The Morgan fingerprint density at radius 2 is 2.00 bits per heavy atom. The molecular weight excluding hydrogens is 244 g/mol. The molecule has 1 unspecified atom stereocenters. The van der Waals surface area contributed by atoms with Crippen LogP contribution < -0.4 is 16.4 Å². The van der Waals surface area contributed by atoms with Crippen molar-refractivity contribution < 1.29 is 9.59 Å². The second-order valence-electron chi connectivity index (χ2n) is 4.78. The number of nitrogens with zero attached hydrogens (tertiary/aromatic N) is 1. The molecule has 0 bridgehead atoms. The lowest BCUT2D eigenvalue weighted by molar-refractivity contribution is -0.122. The van der Waals surface area contributed by atoms with Gasteiger partial charge < -0.3 is 16.4 Å². The monoisotopic (exact) mass is 264 g/mol. The van der Waals surface area contributed by atoms with Crippen molar-refractivity contribution in [2.24, 2.45) is 5.92 Å². The van der Waals surface area contributed by atoms with Crippen molar-refractivity contribution in [1.29, 1.82) is 0 Å². The van der Waals surface area contributed by atoms with Crippen LogP contribution in [0, 0.1) is 5.92 Å². The van der Waals surface area contributed by atoms with E-state index < -0.39 is 11.9 Å². The lowest BCUT2D eigenvalue weighted by Crippen LogP contribution is -2.45. The summed E-state index contributed by atoms with van der Waals surface area (Å²) >= 11 is 0. The molecule has 0 aromatic carbocycles. The summed E-state index contributed by atoms with van der Waals surface area (Å²) in [6, 6.07) is 4.16. The Morgan fingerprint density at radius 3 is 2.58 bits per heavy atom. The molecule has 0 aliphatic carbocycles. The maximum atomic E-state index is 11.8. The first-order valence-corrected chi connectivity index (χ1v) is 6.21. The van der Waals surface area contributed by atoms with Gasteiger partial charge in [-0.3, -0.25) is 9.59 Å². The Kier molecular flexibility index (Phi) is 5.29. The fourth-order valence-corrected chi connectivity index (χ4v) is 1.37. The molecular formula is C13H20N4O2. The highest BCUT2D eigenvalue weighted by Crippen LogP contribution is 2.00. The molecule has 0 fully saturated rings. The van der Waals surface area contributed by atoms with Crippen molar-refractivity contribution in [2.75, 3.05) is 12.3 Å². The number of aromatic nitrogens is 1. The van der Waals surface area contributed by atoms with Gasteiger partial charge in [0.2, 0.25) is 5.91 Å². The van der Waals surface area contributed by atoms with Gasteiger partial charge >= 0.3 is 0 Å². The number of hydrogen-bond acceptors (Lipinski definition) is 4. The molecule has 0 saturated carbocycles. The fourth-order valence-electron chi connectivity index (χ4n) is 1.37. The molecule has 19 heavy (non-hydrogen) atoms. The standard InChI is InChI=1S/C13H20N4O2/c1-8(2)7-15-12(18)9(3)16-13(19)10-5-4-6-11(14)17-10/h4-6,8-9H,7H2,1-3H3,(H2,14,17)(H,15,18)(H,16,19). The van der Waals surface area contributed by atoms with Crippen LogP contribution in [-0.2, 0) is 4.79 Å². The Bertz CT molecular complexity index is 460. The van der Waals surface area contributed by atoms with E-state index in [-0.39, 0.29) is 17.4 Å². The maximum Gasteiger partial charge on any atom is 0.270 e. The molecule has 1 aromatic heterocycles. The lowest BCUT2D eigenvalue weighted by atomic mass is 10.2. The van der Waals surface area contributed by atoms with E-state index in [0.29, 0.717) is 12.5 Å². The van der Waals surface area contributed by atoms with E-state index in [4.69, 9.17) is 5.73 Å². The van der Waals surface area contributed by atoms with Crippen LogP contribution in [0.3, 0.4) is 0 Å². The number of pyridine rings is 1. The van der Waals surface area contributed by atoms with Crippen LogP contribution in [0.25, 0.3) is 0 Å². The van der Waals surface area contributed by atoms with E-state index in [1.165, 1.54) is 0 Å². The molecule has 1 heterocycles. The van der Waals surface area contributed by atoms with Gasteiger partial charge in [-0.25, -0.2) is 4.98 Å². The third kappa shape index (κ3) is 4.95. The summed E-state index contributed by atoms with van der Waals surface area (Å²) in [7, 11) is 0. The molecule has 4 N–H and O–H groups in total. The summed E-state index contributed by atoms with van der Waals surface area (Å²) in [5, 5.41) is 5.33. The number of nitrogens with two attached hydrogens (primary N) is 1. The van der Waals surface area contributed by atoms with Gasteiger partial charge in [-0.2, -0.15) is 0 Å². The first-order valence-electron chi connectivity index (χ1n) is 6.21. The number of nitrogen functional groups attached to an aromatic ring is 1. The average molecular weight is 264 g/mol. The molecule has 0 radical (unpaired) electrons. The Balaban J connectivity index is 2.54. The summed E-state index contributed by atoms with van der Waals surface area (Å²) in [5.41, 5.74) is 5.70. The zero-order valence-electron chi connectivity index (χ0n) is 11.4. The number of hydrogen-bond donors (Lipinski definition) is 3.